The molecule has 0 atom stereocenters. The molecule has 2 aromatic carbocycles. The van der Waals surface area contributed by atoms with E-state index in [-0.39, 0.29) is 0 Å². The molecule has 0 saturated carbocycles. The molecule has 2 aliphatic heterocycles. The Morgan fingerprint density at radius 1 is 0.231 bits per heavy atom. The molecule has 104 heavy (non-hydrogen) atoms. The first-order valence-electron chi connectivity index (χ1n) is 44.5. The number of H-pyrrole nitrogens is 2. The summed E-state index contributed by atoms with van der Waals surface area (Å²) in [5.74, 6) is 3.37. The van der Waals surface area contributed by atoms with Gasteiger partial charge < -0.3 is 28.9 Å². The first kappa shape index (κ1) is 85.5. The van der Waals surface area contributed by atoms with Crippen LogP contribution in [-0.2, 0) is 0 Å². The van der Waals surface area contributed by atoms with Gasteiger partial charge in [0.05, 0.1) is 49.2 Å². The molecular weight excluding hydrogens is 1270 g/mol. The van der Waals surface area contributed by atoms with Crippen LogP contribution in [0.15, 0.2) is 72.8 Å². The van der Waals surface area contributed by atoms with Crippen molar-refractivity contribution in [1.82, 2.24) is 19.9 Å². The summed E-state index contributed by atoms with van der Waals surface area (Å²) in [5.41, 5.74) is 11.5. The highest BCUT2D eigenvalue weighted by Crippen LogP contribution is 2.39. The minimum absolute atomic E-state index is 0.684. The van der Waals surface area contributed by atoms with E-state index in [4.69, 9.17) is 28.9 Å². The second-order valence-electron chi connectivity index (χ2n) is 31.4. The van der Waals surface area contributed by atoms with E-state index >= 15 is 0 Å². The fourth-order valence-corrected chi connectivity index (χ4v) is 15.4. The molecule has 0 fully saturated rings. The van der Waals surface area contributed by atoms with Gasteiger partial charge in [-0.1, -0.05) is 362 Å². The zero-order chi connectivity index (χ0) is 72.6. The minimum Gasteiger partial charge on any atom is -0.493 e. The predicted molar refractivity (Wildman–Crippen MR) is 453 cm³/mol. The van der Waals surface area contributed by atoms with Gasteiger partial charge in [-0.2, -0.15) is 0 Å². The molecule has 8 nitrogen and oxygen atoms in total. The van der Waals surface area contributed by atoms with Crippen LogP contribution in [0.2, 0.25) is 0 Å². The summed E-state index contributed by atoms with van der Waals surface area (Å²) in [5, 5.41) is 0. The van der Waals surface area contributed by atoms with E-state index in [9.17, 15) is 0 Å². The summed E-state index contributed by atoms with van der Waals surface area (Å²) >= 11 is 0. The molecule has 5 aromatic rings. The van der Waals surface area contributed by atoms with Crippen LogP contribution >= 0.6 is 0 Å². The smallest absolute Gasteiger partial charge is 0.123 e. The first-order chi connectivity index (χ1) is 51.5. The number of rotatable bonds is 66. The van der Waals surface area contributed by atoms with E-state index in [1.165, 1.54) is 334 Å². The molecule has 2 aliphatic rings. The Bertz CT molecular complexity index is 2910. The molecule has 5 heterocycles. The third-order valence-corrected chi connectivity index (χ3v) is 21.8. The normalized spacial score (nSPS) is 12.0. The summed E-state index contributed by atoms with van der Waals surface area (Å²) in [6, 6.07) is 26.1. The number of unbranched alkanes of at least 4 members (excludes halogenated alkanes) is 52. The summed E-state index contributed by atoms with van der Waals surface area (Å²) in [4.78, 5) is 18.5. The maximum atomic E-state index is 6.71. The second-order valence-corrected chi connectivity index (χ2v) is 31.4. The maximum Gasteiger partial charge on any atom is 0.123 e. The average molecular weight is 1420 g/mol. The number of nitrogens with one attached hydrogen (secondary N) is 2. The zero-order valence-corrected chi connectivity index (χ0v) is 67.2. The molecule has 578 valence electrons. The number of aromatic nitrogens is 4. The van der Waals surface area contributed by atoms with Gasteiger partial charge in [0, 0.05) is 45.3 Å². The topological polar surface area (TPSA) is 94.3 Å². The Hall–Kier alpha value is -5.76. The van der Waals surface area contributed by atoms with Gasteiger partial charge in [0.25, 0.3) is 0 Å². The van der Waals surface area contributed by atoms with Gasteiger partial charge >= 0.3 is 0 Å². The largest absolute Gasteiger partial charge is 0.493 e. The SMILES string of the molecule is CCCCCCCCCCCCCCCCOc1cc(OCCCCCCCCCCCCCCCC)cc(-c2c3nc(cc4ccc([nH]4)c(-c4cc(OCCCCCCCCCCCCCCCC)cc(OCCCCCCCCCCCCCCCC)c4)c4nc(cc5ccc2[nH]5)C=C4)C=C3)c1. The lowest BCUT2D eigenvalue weighted by Crippen LogP contribution is -2.01. The first-order valence-corrected chi connectivity index (χ1v) is 44.5. The monoisotopic (exact) mass is 1420 g/mol. The van der Waals surface area contributed by atoms with Crippen LogP contribution in [0.5, 0.6) is 23.0 Å². The lowest BCUT2D eigenvalue weighted by molar-refractivity contribution is 0.289. The van der Waals surface area contributed by atoms with Crippen LogP contribution in [0.3, 0.4) is 0 Å². The molecule has 0 spiro atoms. The van der Waals surface area contributed by atoms with Gasteiger partial charge in [0.15, 0.2) is 0 Å². The van der Waals surface area contributed by atoms with Gasteiger partial charge in [-0.25, -0.2) is 9.97 Å². The highest BCUT2D eigenvalue weighted by Gasteiger charge is 2.18. The van der Waals surface area contributed by atoms with Crippen LogP contribution in [0.25, 0.3) is 68.6 Å². The molecule has 2 N–H and O–H groups in total. The lowest BCUT2D eigenvalue weighted by atomic mass is 10.0. The molecular formula is C96H150N4O4. The molecule has 8 bridgehead atoms. The van der Waals surface area contributed by atoms with Crippen molar-refractivity contribution < 1.29 is 18.9 Å². The third-order valence-electron chi connectivity index (χ3n) is 21.8. The van der Waals surface area contributed by atoms with Gasteiger partial charge in [0.2, 0.25) is 0 Å². The summed E-state index contributed by atoms with van der Waals surface area (Å²) in [7, 11) is 0. The van der Waals surface area contributed by atoms with E-state index < -0.39 is 0 Å². The van der Waals surface area contributed by atoms with Crippen LogP contribution in [0, 0.1) is 0 Å². The van der Waals surface area contributed by atoms with Gasteiger partial charge in [-0.3, -0.25) is 0 Å². The maximum absolute atomic E-state index is 6.71. The molecule has 0 unspecified atom stereocenters. The summed E-state index contributed by atoms with van der Waals surface area (Å²) in [6.07, 6.45) is 83.4. The molecule has 8 heteroatoms. The van der Waals surface area contributed by atoms with Gasteiger partial charge in [-0.15, -0.1) is 0 Å². The predicted octanol–water partition coefficient (Wildman–Crippen LogP) is 31.4. The van der Waals surface area contributed by atoms with Gasteiger partial charge in [-0.05, 0) is 122 Å². The lowest BCUT2D eigenvalue weighted by Gasteiger charge is -2.14. The van der Waals surface area contributed by atoms with E-state index in [1.807, 2.05) is 0 Å². The van der Waals surface area contributed by atoms with Crippen molar-refractivity contribution in [3.63, 3.8) is 0 Å². The van der Waals surface area contributed by atoms with E-state index in [0.29, 0.717) is 26.4 Å². The van der Waals surface area contributed by atoms with E-state index in [0.717, 1.165) is 116 Å². The number of hydrogen-bond donors (Lipinski definition) is 2. The number of nitrogens with zero attached hydrogens (tertiary/aromatic N) is 2. The number of fused-ring (bicyclic) bond motifs is 8. The van der Waals surface area contributed by atoms with Crippen LogP contribution < -0.4 is 18.9 Å². The zero-order valence-electron chi connectivity index (χ0n) is 67.2. The van der Waals surface area contributed by atoms with Crippen molar-refractivity contribution in [2.45, 2.75) is 387 Å². The molecule has 0 amide bonds. The fraction of sp³-hybridized carbons (Fsp3) is 0.667. The second kappa shape index (κ2) is 56.5. The molecule has 0 saturated heterocycles. The number of ether oxygens (including phenoxy) is 4. The molecule has 0 aliphatic carbocycles. The highest BCUT2D eigenvalue weighted by molar-refractivity contribution is 5.94. The standard InChI is InChI=1S/C96H150N4O4/c1-5-9-13-17-21-25-29-33-37-41-45-49-53-57-69-101-87-73-81(74-88(79-87)102-70-58-54-50-46-42-38-34-30-26-22-18-14-10-6-2)95-91-65-61-83(97-91)77-85-63-67-93(99-85)96(94-68-64-86(100-94)78-84-62-66-92(95)98-84)82-75-89(103-71-59-55-51-47-43-39-35-31-27-23-19-15-11-7-3)80-90(76-82)104-72-60-56-52-48-44-40-36-32-28-24-20-16-12-8-4/h61-68,73-80,97,100H,5-60,69-72H2,1-4H3. The Morgan fingerprint density at radius 3 is 0.663 bits per heavy atom. The van der Waals surface area contributed by atoms with Gasteiger partial charge in [0.1, 0.15) is 23.0 Å². The van der Waals surface area contributed by atoms with Crippen LogP contribution in [-0.4, -0.2) is 46.4 Å². The van der Waals surface area contributed by atoms with Crippen molar-refractivity contribution in [3.8, 4) is 45.3 Å². The Balaban J connectivity index is 1.06. The number of hydrogen-bond acceptors (Lipinski definition) is 6. The Kier molecular flexibility index (Phi) is 46.5. The van der Waals surface area contributed by atoms with Crippen molar-refractivity contribution in [2.75, 3.05) is 26.4 Å². The van der Waals surface area contributed by atoms with Crippen molar-refractivity contribution in [3.05, 3.63) is 95.6 Å². The minimum atomic E-state index is 0.684. The van der Waals surface area contributed by atoms with Crippen molar-refractivity contribution >= 4 is 46.4 Å². The van der Waals surface area contributed by atoms with Crippen LogP contribution in [0.4, 0.5) is 0 Å². The Labute approximate surface area is 636 Å². The average Bonchev–Trinajstić information content (AvgIpc) is 1.57. The Morgan fingerprint density at radius 2 is 0.442 bits per heavy atom. The summed E-state index contributed by atoms with van der Waals surface area (Å²) in [6.45, 7) is 12.0. The molecule has 3 aromatic heterocycles. The number of benzene rings is 2. The van der Waals surface area contributed by atoms with Crippen molar-refractivity contribution in [1.29, 1.82) is 0 Å². The number of aromatic amines is 2. The molecule has 7 rings (SSSR count). The molecule has 0 radical (unpaired) electrons. The van der Waals surface area contributed by atoms with E-state index in [1.54, 1.807) is 0 Å². The summed E-state index contributed by atoms with van der Waals surface area (Å²) < 4.78 is 26.9. The van der Waals surface area contributed by atoms with Crippen molar-refractivity contribution in [2.24, 2.45) is 0 Å². The third kappa shape index (κ3) is 36.7. The van der Waals surface area contributed by atoms with E-state index in [2.05, 4.69) is 135 Å². The van der Waals surface area contributed by atoms with Crippen LogP contribution in [0.1, 0.15) is 410 Å². The highest BCUT2D eigenvalue weighted by atomic mass is 16.5. The fourth-order valence-electron chi connectivity index (χ4n) is 15.4. The quantitative estimate of drug-likeness (QED) is 0.0369.